The van der Waals surface area contributed by atoms with E-state index in [1.54, 1.807) is 0 Å². The van der Waals surface area contributed by atoms with Gasteiger partial charge in [-0.05, 0) is 12.1 Å². The predicted octanol–water partition coefficient (Wildman–Crippen LogP) is -0.0197. The summed E-state index contributed by atoms with van der Waals surface area (Å²) < 4.78 is 40.5. The number of hydrogen-bond acceptors (Lipinski definition) is 5. The van der Waals surface area contributed by atoms with E-state index >= 15 is 0 Å². The number of aliphatic carboxylic acids is 1. The zero-order chi connectivity index (χ0) is 15.5. The first-order valence-electron chi connectivity index (χ1n) is 5.73. The molecule has 0 unspecified atom stereocenters. The smallest absolute Gasteiger partial charge is 0.325 e. The van der Waals surface area contributed by atoms with Gasteiger partial charge in [0, 0.05) is 0 Å². The Balaban J connectivity index is 2.07. The summed E-state index contributed by atoms with van der Waals surface area (Å²) in [4.78, 5) is 10.0. The van der Waals surface area contributed by atoms with Crippen molar-refractivity contribution in [1.29, 1.82) is 0 Å². The number of aromatic nitrogens is 3. The second-order valence-corrected chi connectivity index (χ2v) is 5.79. The maximum absolute atomic E-state index is 13.4. The highest BCUT2D eigenvalue weighted by atomic mass is 32.2. The molecular formula is C11H11FN4O4S. The van der Waals surface area contributed by atoms with Crippen LogP contribution in [0.25, 0.3) is 0 Å². The van der Waals surface area contributed by atoms with Crippen LogP contribution in [0.1, 0.15) is 5.69 Å². The standard InChI is InChI=1S/C11H11FN4O4S/c12-9-3-1-2-4-10(9)21(19,20)13-5-8-6-16(15-14-8)7-11(17)18/h1-4,6,13H,5,7H2,(H,17,18). The lowest BCUT2D eigenvalue weighted by atomic mass is 10.4. The zero-order valence-electron chi connectivity index (χ0n) is 10.6. The van der Waals surface area contributed by atoms with Crippen molar-refractivity contribution in [2.24, 2.45) is 0 Å². The van der Waals surface area contributed by atoms with Gasteiger partial charge in [0.25, 0.3) is 0 Å². The van der Waals surface area contributed by atoms with Crippen LogP contribution in [0.2, 0.25) is 0 Å². The van der Waals surface area contributed by atoms with E-state index < -0.39 is 26.7 Å². The SMILES string of the molecule is O=C(O)Cn1cc(CNS(=O)(=O)c2ccccc2F)nn1. The quantitative estimate of drug-likeness (QED) is 0.774. The van der Waals surface area contributed by atoms with Crippen molar-refractivity contribution in [2.45, 2.75) is 18.0 Å². The van der Waals surface area contributed by atoms with Crippen LogP contribution in [-0.4, -0.2) is 34.5 Å². The largest absolute Gasteiger partial charge is 0.480 e. The molecule has 0 spiro atoms. The van der Waals surface area contributed by atoms with E-state index in [0.717, 1.165) is 16.8 Å². The molecule has 0 amide bonds. The van der Waals surface area contributed by atoms with E-state index in [2.05, 4.69) is 15.0 Å². The van der Waals surface area contributed by atoms with Gasteiger partial charge in [0.15, 0.2) is 0 Å². The first-order chi connectivity index (χ1) is 9.88. The molecule has 0 aliphatic carbocycles. The number of rotatable bonds is 6. The van der Waals surface area contributed by atoms with Crippen molar-refractivity contribution < 1.29 is 22.7 Å². The van der Waals surface area contributed by atoms with Crippen molar-refractivity contribution in [3.05, 3.63) is 42.0 Å². The van der Waals surface area contributed by atoms with Gasteiger partial charge < -0.3 is 5.11 Å². The van der Waals surface area contributed by atoms with E-state index in [-0.39, 0.29) is 18.8 Å². The Bertz CT molecular complexity index is 759. The predicted molar refractivity (Wildman–Crippen MR) is 68.1 cm³/mol. The number of benzene rings is 1. The van der Waals surface area contributed by atoms with Crippen molar-refractivity contribution in [3.63, 3.8) is 0 Å². The highest BCUT2D eigenvalue weighted by molar-refractivity contribution is 7.89. The van der Waals surface area contributed by atoms with Crippen LogP contribution < -0.4 is 4.72 Å². The van der Waals surface area contributed by atoms with Crippen LogP contribution in [0.3, 0.4) is 0 Å². The Labute approximate surface area is 119 Å². The molecule has 1 heterocycles. The molecule has 0 radical (unpaired) electrons. The average Bonchev–Trinajstić information content (AvgIpc) is 2.84. The fraction of sp³-hybridized carbons (Fsp3) is 0.182. The minimum Gasteiger partial charge on any atom is -0.480 e. The summed E-state index contributed by atoms with van der Waals surface area (Å²) >= 11 is 0. The molecule has 2 rings (SSSR count). The highest BCUT2D eigenvalue weighted by Crippen LogP contribution is 2.13. The number of carboxylic acids is 1. The Kier molecular flexibility index (Phi) is 4.29. The van der Waals surface area contributed by atoms with Gasteiger partial charge in [0.2, 0.25) is 10.0 Å². The molecule has 10 heteroatoms. The number of carbonyl (C=O) groups is 1. The number of halogens is 1. The van der Waals surface area contributed by atoms with Gasteiger partial charge in [0.05, 0.1) is 18.4 Å². The third kappa shape index (κ3) is 3.83. The molecule has 2 aromatic rings. The van der Waals surface area contributed by atoms with E-state index in [0.29, 0.717) is 0 Å². The second kappa shape index (κ2) is 5.97. The van der Waals surface area contributed by atoms with Crippen molar-refractivity contribution >= 4 is 16.0 Å². The van der Waals surface area contributed by atoms with E-state index in [9.17, 15) is 17.6 Å². The fourth-order valence-corrected chi connectivity index (χ4v) is 2.62. The Morgan fingerprint density at radius 1 is 1.38 bits per heavy atom. The summed E-state index contributed by atoms with van der Waals surface area (Å²) in [6, 6.07) is 4.96. The lowest BCUT2D eigenvalue weighted by Gasteiger charge is -2.05. The molecule has 1 aromatic heterocycles. The summed E-state index contributed by atoms with van der Waals surface area (Å²) in [6.07, 6.45) is 1.29. The summed E-state index contributed by atoms with van der Waals surface area (Å²) in [5, 5.41) is 15.7. The molecule has 0 bridgehead atoms. The Morgan fingerprint density at radius 2 is 2.10 bits per heavy atom. The number of carboxylic acid groups (broad SMARTS) is 1. The minimum absolute atomic E-state index is 0.219. The lowest BCUT2D eigenvalue weighted by Crippen LogP contribution is -2.24. The number of nitrogens with zero attached hydrogens (tertiary/aromatic N) is 3. The first-order valence-corrected chi connectivity index (χ1v) is 7.22. The van der Waals surface area contributed by atoms with Crippen molar-refractivity contribution in [1.82, 2.24) is 19.7 Å². The van der Waals surface area contributed by atoms with Crippen LogP contribution in [0.4, 0.5) is 4.39 Å². The van der Waals surface area contributed by atoms with Gasteiger partial charge in [-0.25, -0.2) is 22.2 Å². The zero-order valence-corrected chi connectivity index (χ0v) is 11.4. The number of hydrogen-bond donors (Lipinski definition) is 2. The van der Waals surface area contributed by atoms with Crippen LogP contribution in [0, 0.1) is 5.82 Å². The molecule has 0 fully saturated rings. The lowest BCUT2D eigenvalue weighted by molar-refractivity contribution is -0.137. The molecule has 0 saturated carbocycles. The molecule has 0 aliphatic heterocycles. The van der Waals surface area contributed by atoms with Crippen LogP contribution >= 0.6 is 0 Å². The van der Waals surface area contributed by atoms with E-state index in [1.165, 1.54) is 18.3 Å². The third-order valence-electron chi connectivity index (χ3n) is 2.45. The third-order valence-corrected chi connectivity index (χ3v) is 3.89. The highest BCUT2D eigenvalue weighted by Gasteiger charge is 2.18. The van der Waals surface area contributed by atoms with Gasteiger partial charge in [0.1, 0.15) is 17.3 Å². The summed E-state index contributed by atoms with van der Waals surface area (Å²) in [5.74, 6) is -1.96. The maximum atomic E-state index is 13.4. The number of nitrogens with one attached hydrogen (secondary N) is 1. The van der Waals surface area contributed by atoms with E-state index in [1.807, 2.05) is 0 Å². The van der Waals surface area contributed by atoms with Gasteiger partial charge in [-0.3, -0.25) is 4.79 Å². The van der Waals surface area contributed by atoms with Gasteiger partial charge in [-0.1, -0.05) is 17.3 Å². The van der Waals surface area contributed by atoms with Crippen molar-refractivity contribution in [3.8, 4) is 0 Å². The van der Waals surface area contributed by atoms with Crippen LogP contribution in [0.15, 0.2) is 35.4 Å². The monoisotopic (exact) mass is 314 g/mol. The summed E-state index contributed by atoms with van der Waals surface area (Å²) in [7, 11) is -4.02. The van der Waals surface area contributed by atoms with Gasteiger partial charge in [-0.2, -0.15) is 0 Å². The molecule has 0 saturated heterocycles. The second-order valence-electron chi connectivity index (χ2n) is 4.06. The van der Waals surface area contributed by atoms with Gasteiger partial charge in [-0.15, -0.1) is 5.10 Å². The molecule has 2 N–H and O–H groups in total. The molecule has 21 heavy (non-hydrogen) atoms. The molecule has 0 aliphatic rings. The summed E-state index contributed by atoms with van der Waals surface area (Å²) in [5.41, 5.74) is 0.219. The molecule has 112 valence electrons. The Hall–Kier alpha value is -2.33. The fourth-order valence-electron chi connectivity index (χ4n) is 1.54. The van der Waals surface area contributed by atoms with Crippen molar-refractivity contribution in [2.75, 3.05) is 0 Å². The number of sulfonamides is 1. The average molecular weight is 314 g/mol. The summed E-state index contributed by atoms with van der Waals surface area (Å²) in [6.45, 7) is -0.608. The molecule has 0 atom stereocenters. The van der Waals surface area contributed by atoms with Crippen LogP contribution in [0.5, 0.6) is 0 Å². The molecule has 8 nitrogen and oxygen atoms in total. The minimum atomic E-state index is -4.02. The van der Waals surface area contributed by atoms with Gasteiger partial charge >= 0.3 is 5.97 Å². The maximum Gasteiger partial charge on any atom is 0.325 e. The normalized spacial score (nSPS) is 11.5. The van der Waals surface area contributed by atoms with Crippen LogP contribution in [-0.2, 0) is 27.9 Å². The molecule has 1 aromatic carbocycles. The Morgan fingerprint density at radius 3 is 2.76 bits per heavy atom. The first kappa shape index (κ1) is 15.1. The topological polar surface area (TPSA) is 114 Å². The van der Waals surface area contributed by atoms with E-state index in [4.69, 9.17) is 5.11 Å². The molecular weight excluding hydrogens is 303 g/mol.